The number of aliphatic hydroxyl groups excluding tert-OH is 1. The molecular weight excluding hydrogens is 340 g/mol. The number of hydrogen-bond donors (Lipinski definition) is 1. The minimum atomic E-state index is -0.0317. The van der Waals surface area contributed by atoms with Gasteiger partial charge >= 0.3 is 0 Å². The fraction of sp³-hybridized carbons (Fsp3) is 0.409. The second-order valence-corrected chi connectivity index (χ2v) is 7.12. The Morgan fingerprint density at radius 3 is 2.96 bits per heavy atom. The number of ether oxygens (including phenoxy) is 1. The van der Waals surface area contributed by atoms with Crippen molar-refractivity contribution in [1.82, 2.24) is 10.0 Å². The zero-order valence-electron chi connectivity index (χ0n) is 16.1. The molecule has 0 spiro atoms. The van der Waals surface area contributed by atoms with E-state index < -0.39 is 0 Å². The lowest BCUT2D eigenvalue weighted by Gasteiger charge is -2.39. The largest absolute Gasteiger partial charge is 0.496 e. The Hall–Kier alpha value is -2.37. The van der Waals surface area contributed by atoms with Crippen molar-refractivity contribution in [3.05, 3.63) is 71.8 Å². The Balaban J connectivity index is 1.97. The van der Waals surface area contributed by atoms with Gasteiger partial charge in [-0.15, -0.1) is 5.06 Å². The topological polar surface area (TPSA) is 54.8 Å². The summed E-state index contributed by atoms with van der Waals surface area (Å²) in [6.45, 7) is 4.38. The van der Waals surface area contributed by atoms with Crippen LogP contribution in [0, 0.1) is 0 Å². The molecule has 1 aliphatic carbocycles. The van der Waals surface area contributed by atoms with Gasteiger partial charge in [-0.25, -0.2) is 0 Å². The highest BCUT2D eigenvalue weighted by molar-refractivity contribution is 5.43. The third-order valence-electron chi connectivity index (χ3n) is 5.58. The lowest BCUT2D eigenvalue weighted by Crippen LogP contribution is -2.37. The van der Waals surface area contributed by atoms with Crippen molar-refractivity contribution in [2.24, 2.45) is 0 Å². The Bertz CT molecular complexity index is 793. The number of aromatic nitrogens is 1. The highest BCUT2D eigenvalue weighted by atomic mass is 16.7. The number of rotatable bonds is 8. The van der Waals surface area contributed by atoms with Gasteiger partial charge in [-0.3, -0.25) is 4.98 Å². The maximum Gasteiger partial charge on any atom is 0.124 e. The molecule has 0 aliphatic heterocycles. The summed E-state index contributed by atoms with van der Waals surface area (Å²) in [6.07, 6.45) is 7.16. The van der Waals surface area contributed by atoms with Gasteiger partial charge in [0.15, 0.2) is 0 Å². The van der Waals surface area contributed by atoms with Crippen molar-refractivity contribution < 1.29 is 14.7 Å². The molecule has 144 valence electrons. The molecule has 1 aliphatic rings. The monoisotopic (exact) mass is 368 g/mol. The molecule has 3 rings (SSSR count). The smallest absolute Gasteiger partial charge is 0.124 e. The van der Waals surface area contributed by atoms with Crippen molar-refractivity contribution in [3.8, 4) is 5.75 Å². The number of benzene rings is 1. The highest BCUT2D eigenvalue weighted by Gasteiger charge is 2.37. The molecule has 0 amide bonds. The van der Waals surface area contributed by atoms with Gasteiger partial charge in [0, 0.05) is 36.5 Å². The quantitative estimate of drug-likeness (QED) is 0.572. The number of methoxy groups -OCH3 is 1. The summed E-state index contributed by atoms with van der Waals surface area (Å²) in [4.78, 5) is 9.95. The van der Waals surface area contributed by atoms with E-state index in [2.05, 4.69) is 29.8 Å². The van der Waals surface area contributed by atoms with Gasteiger partial charge < -0.3 is 14.7 Å². The fourth-order valence-corrected chi connectivity index (χ4v) is 4.03. The first-order valence-corrected chi connectivity index (χ1v) is 9.32. The van der Waals surface area contributed by atoms with Gasteiger partial charge in [-0.2, -0.15) is 0 Å². The minimum Gasteiger partial charge on any atom is -0.496 e. The second-order valence-electron chi connectivity index (χ2n) is 7.12. The molecule has 1 heterocycles. The van der Waals surface area contributed by atoms with Gasteiger partial charge in [0.25, 0.3) is 0 Å². The summed E-state index contributed by atoms with van der Waals surface area (Å²) in [5.41, 5.74) is 4.51. The van der Waals surface area contributed by atoms with E-state index in [9.17, 15) is 5.11 Å². The Morgan fingerprint density at radius 2 is 2.22 bits per heavy atom. The van der Waals surface area contributed by atoms with Crippen molar-refractivity contribution >= 4 is 0 Å². The third kappa shape index (κ3) is 4.15. The summed E-state index contributed by atoms with van der Waals surface area (Å²) >= 11 is 0. The van der Waals surface area contributed by atoms with Crippen LogP contribution in [0.4, 0.5) is 0 Å². The average molecular weight is 368 g/mol. The molecule has 0 saturated heterocycles. The molecule has 1 aromatic heterocycles. The first kappa shape index (κ1) is 19.4. The van der Waals surface area contributed by atoms with Crippen LogP contribution in [0.2, 0.25) is 0 Å². The highest BCUT2D eigenvalue weighted by Crippen LogP contribution is 2.42. The number of hydroxylamine groups is 2. The average Bonchev–Trinajstić information content (AvgIpc) is 2.71. The second kappa shape index (κ2) is 8.55. The Morgan fingerprint density at radius 1 is 1.37 bits per heavy atom. The summed E-state index contributed by atoms with van der Waals surface area (Å²) in [5.74, 6) is 0.738. The molecule has 2 aromatic rings. The molecular formula is C22H28N2O3. The van der Waals surface area contributed by atoms with Crippen LogP contribution in [0.3, 0.4) is 0 Å². The molecule has 1 unspecified atom stereocenters. The lowest BCUT2D eigenvalue weighted by atomic mass is 9.66. The Kier molecular flexibility index (Phi) is 6.14. The number of hydrogen-bond acceptors (Lipinski definition) is 5. The van der Waals surface area contributed by atoms with Crippen LogP contribution in [0.15, 0.2) is 49.4 Å². The SMILES string of the molecule is C=CON(C)CCC1(c2ccc(CO)c(OC)c2)CCc2ncccc2C1. The van der Waals surface area contributed by atoms with E-state index in [-0.39, 0.29) is 12.0 Å². The van der Waals surface area contributed by atoms with Crippen LogP contribution >= 0.6 is 0 Å². The molecule has 0 fully saturated rings. The molecule has 0 saturated carbocycles. The van der Waals surface area contributed by atoms with Gasteiger partial charge in [-0.1, -0.05) is 24.8 Å². The summed E-state index contributed by atoms with van der Waals surface area (Å²) in [6, 6.07) is 10.4. The zero-order chi connectivity index (χ0) is 19.3. The number of aryl methyl sites for hydroxylation is 1. The van der Waals surface area contributed by atoms with Crippen LogP contribution in [-0.2, 0) is 29.7 Å². The summed E-state index contributed by atoms with van der Waals surface area (Å²) in [5, 5.41) is 11.4. The maximum absolute atomic E-state index is 9.56. The first-order chi connectivity index (χ1) is 13.1. The van der Waals surface area contributed by atoms with Crippen LogP contribution < -0.4 is 4.74 Å². The fourth-order valence-electron chi connectivity index (χ4n) is 4.03. The van der Waals surface area contributed by atoms with Crippen LogP contribution in [0.1, 0.15) is 35.2 Å². The van der Waals surface area contributed by atoms with Gasteiger partial charge in [0.2, 0.25) is 0 Å². The van der Waals surface area contributed by atoms with E-state index in [0.717, 1.165) is 43.5 Å². The molecule has 27 heavy (non-hydrogen) atoms. The van der Waals surface area contributed by atoms with Crippen molar-refractivity contribution in [3.63, 3.8) is 0 Å². The van der Waals surface area contributed by atoms with Crippen LogP contribution in [0.25, 0.3) is 0 Å². The Labute approximate surface area is 161 Å². The van der Waals surface area contributed by atoms with E-state index >= 15 is 0 Å². The summed E-state index contributed by atoms with van der Waals surface area (Å²) < 4.78 is 5.53. The first-order valence-electron chi connectivity index (χ1n) is 9.32. The third-order valence-corrected chi connectivity index (χ3v) is 5.58. The zero-order valence-corrected chi connectivity index (χ0v) is 16.1. The molecule has 1 atom stereocenters. The number of fused-ring (bicyclic) bond motifs is 1. The van der Waals surface area contributed by atoms with Crippen molar-refractivity contribution in [2.75, 3.05) is 20.7 Å². The summed E-state index contributed by atoms with van der Waals surface area (Å²) in [7, 11) is 3.57. The molecule has 5 nitrogen and oxygen atoms in total. The van der Waals surface area contributed by atoms with Crippen LogP contribution in [0.5, 0.6) is 5.75 Å². The van der Waals surface area contributed by atoms with Crippen molar-refractivity contribution in [1.29, 1.82) is 0 Å². The van der Waals surface area contributed by atoms with E-state index in [4.69, 9.17) is 9.57 Å². The van der Waals surface area contributed by atoms with Crippen molar-refractivity contribution in [2.45, 2.75) is 37.7 Å². The standard InChI is InChI=1S/C22H28N2O3/c1-4-27-24(2)13-11-22(10-9-20-17(15-22)6-5-12-23-20)19-8-7-18(16-25)21(14-19)26-3/h4-8,12,14,25H,1,9-11,13,15-16H2,2-3H3. The van der Waals surface area contributed by atoms with Gasteiger partial charge in [-0.05, 0) is 48.9 Å². The molecule has 5 heteroatoms. The van der Waals surface area contributed by atoms with Gasteiger partial charge in [0.1, 0.15) is 12.0 Å². The van der Waals surface area contributed by atoms with Gasteiger partial charge in [0.05, 0.1) is 13.7 Å². The number of aliphatic hydroxyl groups is 1. The predicted molar refractivity (Wildman–Crippen MR) is 105 cm³/mol. The normalized spacial score (nSPS) is 18.8. The predicted octanol–water partition coefficient (Wildman–Crippen LogP) is 3.41. The lowest BCUT2D eigenvalue weighted by molar-refractivity contribution is -0.0831. The maximum atomic E-state index is 9.56. The van der Waals surface area contributed by atoms with E-state index in [1.165, 1.54) is 23.1 Å². The minimum absolute atomic E-state index is 0.0287. The van der Waals surface area contributed by atoms with E-state index in [1.807, 2.05) is 30.4 Å². The molecule has 0 bridgehead atoms. The van der Waals surface area contributed by atoms with E-state index in [1.54, 1.807) is 7.11 Å². The molecule has 1 N–H and O–H groups in total. The van der Waals surface area contributed by atoms with Crippen LogP contribution in [-0.4, -0.2) is 35.9 Å². The molecule has 1 aromatic carbocycles. The number of pyridine rings is 1. The van der Waals surface area contributed by atoms with E-state index in [0.29, 0.717) is 0 Å². The number of nitrogens with zero attached hydrogens (tertiary/aromatic N) is 2. The molecule has 0 radical (unpaired) electrons.